The molecule has 1 fully saturated rings. The zero-order valence-corrected chi connectivity index (χ0v) is 12.7. The van der Waals surface area contributed by atoms with Crippen LogP contribution in [0.5, 0.6) is 0 Å². The van der Waals surface area contributed by atoms with Crippen molar-refractivity contribution < 1.29 is 8.42 Å². The van der Waals surface area contributed by atoms with E-state index in [1.54, 1.807) is 0 Å². The van der Waals surface area contributed by atoms with Crippen molar-refractivity contribution in [2.45, 2.75) is 23.3 Å². The molecule has 0 aromatic heterocycles. The highest BCUT2D eigenvalue weighted by Crippen LogP contribution is 2.39. The topological polar surface area (TPSA) is 37.4 Å². The third kappa shape index (κ3) is 2.83. The molecule has 0 saturated carbocycles. The maximum Gasteiger partial charge on any atom is 0.151 e. The molecule has 3 rings (SSSR count). The Kier molecular flexibility index (Phi) is 3.62. The van der Waals surface area contributed by atoms with Gasteiger partial charge in [-0.15, -0.1) is 11.8 Å². The van der Waals surface area contributed by atoms with Gasteiger partial charge in [-0.3, -0.25) is 0 Å². The number of nitrogens with zero attached hydrogens (tertiary/aromatic N) is 1. The third-order valence-corrected chi connectivity index (χ3v) is 7.14. The first-order valence-electron chi connectivity index (χ1n) is 6.67. The molecule has 0 bridgehead atoms. The Morgan fingerprint density at radius 1 is 1.37 bits per heavy atom. The maximum absolute atomic E-state index is 11.6. The number of likely N-dealkylation sites (N-methyl/N-ethyl adjacent to an activating group) is 1. The second kappa shape index (κ2) is 5.11. The molecule has 0 radical (unpaired) electrons. The van der Waals surface area contributed by atoms with Crippen LogP contribution in [0, 0.1) is 0 Å². The summed E-state index contributed by atoms with van der Waals surface area (Å²) in [7, 11) is -0.715. The fourth-order valence-corrected chi connectivity index (χ4v) is 6.05. The zero-order valence-electron chi connectivity index (χ0n) is 11.1. The molecule has 2 heterocycles. The standard InChI is InChI=1S/C14H19NO2S2/c1-15(12-6-7-19(16,17)10-12)8-11-9-18-14-5-3-2-4-13(11)14/h2-5,11-12H,6-10H2,1H3. The minimum atomic E-state index is -2.78. The number of thioether (sulfide) groups is 1. The first kappa shape index (κ1) is 13.5. The fraction of sp³-hybridized carbons (Fsp3) is 0.571. The van der Waals surface area contributed by atoms with Crippen LogP contribution in [0.1, 0.15) is 17.9 Å². The van der Waals surface area contributed by atoms with E-state index in [0.29, 0.717) is 17.4 Å². The zero-order chi connectivity index (χ0) is 13.5. The molecule has 19 heavy (non-hydrogen) atoms. The van der Waals surface area contributed by atoms with E-state index in [1.165, 1.54) is 10.5 Å². The second-order valence-corrected chi connectivity index (χ2v) is 8.83. The average Bonchev–Trinajstić information content (AvgIpc) is 2.94. The molecular formula is C14H19NO2S2. The maximum atomic E-state index is 11.6. The minimum Gasteiger partial charge on any atom is -0.302 e. The van der Waals surface area contributed by atoms with Gasteiger partial charge in [-0.1, -0.05) is 18.2 Å². The Hall–Kier alpha value is -0.520. The van der Waals surface area contributed by atoms with E-state index in [4.69, 9.17) is 0 Å². The van der Waals surface area contributed by atoms with E-state index in [-0.39, 0.29) is 6.04 Å². The Morgan fingerprint density at radius 3 is 2.89 bits per heavy atom. The highest BCUT2D eigenvalue weighted by Gasteiger charge is 2.32. The summed E-state index contributed by atoms with van der Waals surface area (Å²) in [4.78, 5) is 3.64. The molecule has 2 atom stereocenters. The van der Waals surface area contributed by atoms with E-state index >= 15 is 0 Å². The van der Waals surface area contributed by atoms with Gasteiger partial charge >= 0.3 is 0 Å². The van der Waals surface area contributed by atoms with Gasteiger partial charge in [0, 0.05) is 29.2 Å². The Morgan fingerprint density at radius 2 is 2.16 bits per heavy atom. The summed E-state index contributed by atoms with van der Waals surface area (Å²) < 4.78 is 23.1. The molecule has 0 aliphatic carbocycles. The third-order valence-electron chi connectivity index (χ3n) is 4.14. The lowest BCUT2D eigenvalue weighted by Gasteiger charge is -2.26. The van der Waals surface area contributed by atoms with Gasteiger partial charge in [0.1, 0.15) is 0 Å². The summed E-state index contributed by atoms with van der Waals surface area (Å²) in [5.74, 6) is 2.35. The van der Waals surface area contributed by atoms with Crippen molar-refractivity contribution in [3.05, 3.63) is 29.8 Å². The van der Waals surface area contributed by atoms with Crippen molar-refractivity contribution in [1.82, 2.24) is 4.90 Å². The van der Waals surface area contributed by atoms with Gasteiger partial charge in [0.15, 0.2) is 9.84 Å². The molecule has 1 aromatic rings. The van der Waals surface area contributed by atoms with E-state index in [2.05, 4.69) is 36.2 Å². The van der Waals surface area contributed by atoms with Crippen LogP contribution in [-0.4, -0.2) is 50.2 Å². The quantitative estimate of drug-likeness (QED) is 0.855. The normalized spacial score (nSPS) is 28.7. The second-order valence-electron chi connectivity index (χ2n) is 5.54. The molecule has 1 aromatic carbocycles. The number of sulfone groups is 1. The van der Waals surface area contributed by atoms with Gasteiger partial charge in [-0.25, -0.2) is 8.42 Å². The smallest absolute Gasteiger partial charge is 0.151 e. The van der Waals surface area contributed by atoms with Gasteiger partial charge in [0.25, 0.3) is 0 Å². The highest BCUT2D eigenvalue weighted by atomic mass is 32.2. The van der Waals surface area contributed by atoms with Crippen LogP contribution >= 0.6 is 11.8 Å². The van der Waals surface area contributed by atoms with E-state index in [0.717, 1.165) is 18.7 Å². The van der Waals surface area contributed by atoms with Gasteiger partial charge in [0.05, 0.1) is 11.5 Å². The summed E-state index contributed by atoms with van der Waals surface area (Å²) in [6, 6.07) is 8.78. The molecule has 0 spiro atoms. The van der Waals surface area contributed by atoms with Crippen molar-refractivity contribution in [2.24, 2.45) is 0 Å². The summed E-state index contributed by atoms with van der Waals surface area (Å²) >= 11 is 1.92. The van der Waals surface area contributed by atoms with Crippen molar-refractivity contribution >= 4 is 21.6 Å². The average molecular weight is 297 g/mol. The molecule has 0 amide bonds. The van der Waals surface area contributed by atoms with Crippen LogP contribution in [-0.2, 0) is 9.84 Å². The molecular weight excluding hydrogens is 278 g/mol. The van der Waals surface area contributed by atoms with Crippen LogP contribution in [0.2, 0.25) is 0 Å². The number of rotatable bonds is 3. The minimum absolute atomic E-state index is 0.211. The Bertz CT molecular complexity index is 571. The largest absolute Gasteiger partial charge is 0.302 e. The van der Waals surface area contributed by atoms with Crippen LogP contribution in [0.4, 0.5) is 0 Å². The number of hydrogen-bond acceptors (Lipinski definition) is 4. The Labute approximate surface area is 119 Å². The summed E-state index contributed by atoms with van der Waals surface area (Å²) in [5, 5.41) is 0. The van der Waals surface area contributed by atoms with E-state index in [9.17, 15) is 8.42 Å². The first-order chi connectivity index (χ1) is 9.05. The van der Waals surface area contributed by atoms with E-state index < -0.39 is 9.84 Å². The highest BCUT2D eigenvalue weighted by molar-refractivity contribution is 7.99. The fourth-order valence-electron chi connectivity index (χ4n) is 3.00. The Balaban J connectivity index is 1.67. The van der Waals surface area contributed by atoms with Crippen LogP contribution in [0.15, 0.2) is 29.2 Å². The van der Waals surface area contributed by atoms with Gasteiger partial charge in [0.2, 0.25) is 0 Å². The number of fused-ring (bicyclic) bond motifs is 1. The molecule has 2 aliphatic rings. The summed E-state index contributed by atoms with van der Waals surface area (Å²) in [5.41, 5.74) is 1.43. The van der Waals surface area contributed by atoms with Crippen LogP contribution in [0.25, 0.3) is 0 Å². The van der Waals surface area contributed by atoms with Crippen molar-refractivity contribution in [2.75, 3.05) is 30.9 Å². The molecule has 104 valence electrons. The molecule has 0 N–H and O–H groups in total. The van der Waals surface area contributed by atoms with Gasteiger partial charge in [-0.2, -0.15) is 0 Å². The lowest BCUT2D eigenvalue weighted by atomic mass is 10.0. The predicted molar refractivity (Wildman–Crippen MR) is 79.6 cm³/mol. The van der Waals surface area contributed by atoms with Crippen LogP contribution < -0.4 is 0 Å². The van der Waals surface area contributed by atoms with Gasteiger partial charge in [-0.05, 0) is 25.1 Å². The van der Waals surface area contributed by atoms with Crippen molar-refractivity contribution in [3.63, 3.8) is 0 Å². The van der Waals surface area contributed by atoms with Crippen LogP contribution in [0.3, 0.4) is 0 Å². The lowest BCUT2D eigenvalue weighted by molar-refractivity contribution is 0.251. The van der Waals surface area contributed by atoms with E-state index in [1.807, 2.05) is 11.8 Å². The van der Waals surface area contributed by atoms with Crippen molar-refractivity contribution in [3.8, 4) is 0 Å². The predicted octanol–water partition coefficient (Wildman–Crippen LogP) is 1.99. The monoisotopic (exact) mass is 297 g/mol. The number of hydrogen-bond donors (Lipinski definition) is 0. The molecule has 2 aliphatic heterocycles. The van der Waals surface area contributed by atoms with Crippen molar-refractivity contribution in [1.29, 1.82) is 0 Å². The lowest BCUT2D eigenvalue weighted by Crippen LogP contribution is -2.35. The molecule has 3 nitrogen and oxygen atoms in total. The first-order valence-corrected chi connectivity index (χ1v) is 9.48. The molecule has 2 unspecified atom stereocenters. The number of benzene rings is 1. The van der Waals surface area contributed by atoms with Gasteiger partial charge < -0.3 is 4.90 Å². The molecule has 5 heteroatoms. The summed E-state index contributed by atoms with van der Waals surface area (Å²) in [6.07, 6.45) is 0.792. The summed E-state index contributed by atoms with van der Waals surface area (Å²) in [6.45, 7) is 0.962. The molecule has 1 saturated heterocycles. The SMILES string of the molecule is CN(CC1CSc2ccccc21)C1CCS(=O)(=O)C1.